The van der Waals surface area contributed by atoms with Gasteiger partial charge < -0.3 is 16.4 Å². The van der Waals surface area contributed by atoms with Crippen LogP contribution < -0.4 is 16.4 Å². The van der Waals surface area contributed by atoms with Crippen molar-refractivity contribution in [2.24, 2.45) is 0 Å². The lowest BCUT2D eigenvalue weighted by Crippen LogP contribution is -2.23. The Labute approximate surface area is 127 Å². The van der Waals surface area contributed by atoms with Crippen LogP contribution >= 0.6 is 22.7 Å². The summed E-state index contributed by atoms with van der Waals surface area (Å²) in [5.41, 5.74) is 6.44. The molecule has 0 unspecified atom stereocenters. The average Bonchev–Trinajstić information content (AvgIpc) is 3.06. The standard InChI is InChI=1S/C14H19N3OS2/c1-2-6-17-14(18)13-11(15)9-12(20-13)16-7-5-10-4-3-8-19-10/h3-4,8-9,16H,2,5-7,15H2,1H3,(H,17,18). The third-order valence-corrected chi connectivity index (χ3v) is 4.80. The first kappa shape index (κ1) is 14.9. The molecule has 1 amide bonds. The van der Waals surface area contributed by atoms with Crippen molar-refractivity contribution in [3.8, 4) is 0 Å². The molecule has 4 N–H and O–H groups in total. The third kappa shape index (κ3) is 3.98. The Morgan fingerprint density at radius 1 is 1.40 bits per heavy atom. The van der Waals surface area contributed by atoms with E-state index < -0.39 is 0 Å². The van der Waals surface area contributed by atoms with E-state index in [2.05, 4.69) is 28.1 Å². The fraction of sp³-hybridized carbons (Fsp3) is 0.357. The van der Waals surface area contributed by atoms with E-state index in [1.807, 2.05) is 13.0 Å². The molecular weight excluding hydrogens is 290 g/mol. The fourth-order valence-corrected chi connectivity index (χ4v) is 3.38. The highest BCUT2D eigenvalue weighted by Crippen LogP contribution is 2.29. The lowest BCUT2D eigenvalue weighted by atomic mass is 10.3. The minimum absolute atomic E-state index is 0.0827. The normalized spacial score (nSPS) is 10.4. The lowest BCUT2D eigenvalue weighted by Gasteiger charge is -2.02. The minimum Gasteiger partial charge on any atom is -0.397 e. The van der Waals surface area contributed by atoms with Crippen LogP contribution in [-0.2, 0) is 6.42 Å². The molecule has 0 saturated carbocycles. The van der Waals surface area contributed by atoms with Gasteiger partial charge in [-0.15, -0.1) is 22.7 Å². The Morgan fingerprint density at radius 2 is 2.25 bits per heavy atom. The molecule has 0 spiro atoms. The van der Waals surface area contributed by atoms with E-state index in [0.717, 1.165) is 24.4 Å². The largest absolute Gasteiger partial charge is 0.397 e. The molecule has 0 bridgehead atoms. The monoisotopic (exact) mass is 309 g/mol. The van der Waals surface area contributed by atoms with Crippen LogP contribution in [0.15, 0.2) is 23.6 Å². The van der Waals surface area contributed by atoms with Crippen molar-refractivity contribution in [3.05, 3.63) is 33.3 Å². The quantitative estimate of drug-likeness (QED) is 0.736. The van der Waals surface area contributed by atoms with Gasteiger partial charge in [0.05, 0.1) is 10.7 Å². The van der Waals surface area contributed by atoms with E-state index in [1.54, 1.807) is 11.3 Å². The summed E-state index contributed by atoms with van der Waals surface area (Å²) in [6.45, 7) is 3.55. The topological polar surface area (TPSA) is 67.2 Å². The number of nitrogens with one attached hydrogen (secondary N) is 2. The molecule has 0 aliphatic heterocycles. The smallest absolute Gasteiger partial charge is 0.263 e. The molecule has 0 aromatic carbocycles. The summed E-state index contributed by atoms with van der Waals surface area (Å²) >= 11 is 3.17. The van der Waals surface area contributed by atoms with E-state index in [0.29, 0.717) is 17.1 Å². The van der Waals surface area contributed by atoms with Crippen LogP contribution in [0.5, 0.6) is 0 Å². The predicted octanol–water partition coefficient (Wildman–Crippen LogP) is 3.19. The first-order valence-corrected chi connectivity index (χ1v) is 8.34. The van der Waals surface area contributed by atoms with Gasteiger partial charge in [-0.1, -0.05) is 13.0 Å². The first-order valence-electron chi connectivity index (χ1n) is 6.64. The van der Waals surface area contributed by atoms with Crippen LogP contribution in [0.4, 0.5) is 10.7 Å². The second kappa shape index (κ2) is 7.31. The SMILES string of the molecule is CCCNC(=O)c1sc(NCCc2cccs2)cc1N. The molecule has 2 rings (SSSR count). The van der Waals surface area contributed by atoms with Gasteiger partial charge in [0.1, 0.15) is 4.88 Å². The van der Waals surface area contributed by atoms with E-state index in [4.69, 9.17) is 5.73 Å². The lowest BCUT2D eigenvalue weighted by molar-refractivity contribution is 0.0958. The van der Waals surface area contributed by atoms with Gasteiger partial charge in [-0.05, 0) is 30.4 Å². The van der Waals surface area contributed by atoms with Crippen molar-refractivity contribution in [1.82, 2.24) is 5.32 Å². The number of nitrogens with two attached hydrogens (primary N) is 1. The Bertz CT molecular complexity index is 549. The molecular formula is C14H19N3OS2. The zero-order valence-corrected chi connectivity index (χ0v) is 13.1. The van der Waals surface area contributed by atoms with Gasteiger partial charge >= 0.3 is 0 Å². The second-order valence-corrected chi connectivity index (χ2v) is 6.49. The molecule has 2 aromatic heterocycles. The summed E-state index contributed by atoms with van der Waals surface area (Å²) in [5, 5.41) is 9.19. The molecule has 0 radical (unpaired) electrons. The highest BCUT2D eigenvalue weighted by atomic mass is 32.1. The van der Waals surface area contributed by atoms with Gasteiger partial charge in [0, 0.05) is 18.0 Å². The van der Waals surface area contributed by atoms with Crippen LogP contribution in [-0.4, -0.2) is 19.0 Å². The predicted molar refractivity (Wildman–Crippen MR) is 87.9 cm³/mol. The van der Waals surface area contributed by atoms with Gasteiger partial charge in [-0.3, -0.25) is 4.79 Å². The number of anilines is 2. The summed E-state index contributed by atoms with van der Waals surface area (Å²) in [4.78, 5) is 13.8. The van der Waals surface area contributed by atoms with Crippen molar-refractivity contribution >= 4 is 39.3 Å². The molecule has 20 heavy (non-hydrogen) atoms. The zero-order valence-electron chi connectivity index (χ0n) is 11.4. The maximum Gasteiger partial charge on any atom is 0.263 e. The van der Waals surface area contributed by atoms with E-state index in [9.17, 15) is 4.79 Å². The third-order valence-electron chi connectivity index (χ3n) is 2.75. The number of carbonyl (C=O) groups is 1. The van der Waals surface area contributed by atoms with Crippen LogP contribution in [0.1, 0.15) is 27.9 Å². The molecule has 0 fully saturated rings. The van der Waals surface area contributed by atoms with Crippen molar-refractivity contribution in [3.63, 3.8) is 0 Å². The van der Waals surface area contributed by atoms with Gasteiger partial charge in [0.2, 0.25) is 0 Å². The molecule has 0 aliphatic carbocycles. The van der Waals surface area contributed by atoms with E-state index >= 15 is 0 Å². The van der Waals surface area contributed by atoms with Crippen LogP contribution in [0, 0.1) is 0 Å². The van der Waals surface area contributed by atoms with Crippen molar-refractivity contribution in [2.45, 2.75) is 19.8 Å². The van der Waals surface area contributed by atoms with Gasteiger partial charge in [0.15, 0.2) is 0 Å². The number of hydrogen-bond acceptors (Lipinski definition) is 5. The van der Waals surface area contributed by atoms with Gasteiger partial charge in [0.25, 0.3) is 5.91 Å². The van der Waals surface area contributed by atoms with Gasteiger partial charge in [-0.2, -0.15) is 0 Å². The Hall–Kier alpha value is -1.53. The number of thiophene rings is 2. The maximum atomic E-state index is 11.9. The van der Waals surface area contributed by atoms with Crippen LogP contribution in [0.25, 0.3) is 0 Å². The van der Waals surface area contributed by atoms with Crippen molar-refractivity contribution < 1.29 is 4.79 Å². The average molecular weight is 309 g/mol. The highest BCUT2D eigenvalue weighted by molar-refractivity contribution is 7.18. The number of hydrogen-bond donors (Lipinski definition) is 3. The number of nitrogen functional groups attached to an aromatic ring is 1. The first-order chi connectivity index (χ1) is 9.70. The minimum atomic E-state index is -0.0827. The fourth-order valence-electron chi connectivity index (χ4n) is 1.75. The molecule has 6 heteroatoms. The summed E-state index contributed by atoms with van der Waals surface area (Å²) in [6.07, 6.45) is 1.90. The molecule has 108 valence electrons. The van der Waals surface area contributed by atoms with E-state index in [1.165, 1.54) is 16.2 Å². The molecule has 2 heterocycles. The van der Waals surface area contributed by atoms with Crippen molar-refractivity contribution in [1.29, 1.82) is 0 Å². The zero-order chi connectivity index (χ0) is 14.4. The van der Waals surface area contributed by atoms with E-state index in [-0.39, 0.29) is 5.91 Å². The van der Waals surface area contributed by atoms with Crippen LogP contribution in [0.2, 0.25) is 0 Å². The highest BCUT2D eigenvalue weighted by Gasteiger charge is 2.13. The Kier molecular flexibility index (Phi) is 5.43. The Balaban J connectivity index is 1.88. The Morgan fingerprint density at radius 3 is 2.95 bits per heavy atom. The van der Waals surface area contributed by atoms with Crippen molar-refractivity contribution in [2.75, 3.05) is 24.1 Å². The summed E-state index contributed by atoms with van der Waals surface area (Å²) in [6, 6.07) is 6.01. The molecule has 0 saturated heterocycles. The number of rotatable bonds is 7. The maximum absolute atomic E-state index is 11.9. The molecule has 0 atom stereocenters. The van der Waals surface area contributed by atoms with Gasteiger partial charge in [-0.25, -0.2) is 0 Å². The molecule has 0 aliphatic rings. The summed E-state index contributed by atoms with van der Waals surface area (Å²) in [5.74, 6) is -0.0827. The molecule has 2 aromatic rings. The van der Waals surface area contributed by atoms with Crippen LogP contribution in [0.3, 0.4) is 0 Å². The second-order valence-electron chi connectivity index (χ2n) is 4.41. The summed E-state index contributed by atoms with van der Waals surface area (Å²) < 4.78 is 0. The number of amides is 1. The summed E-state index contributed by atoms with van der Waals surface area (Å²) in [7, 11) is 0. The number of carbonyl (C=O) groups excluding carboxylic acids is 1. The molecule has 4 nitrogen and oxygen atoms in total.